The Kier molecular flexibility index (Phi) is 10.2. The van der Waals surface area contributed by atoms with Crippen LogP contribution in [0.1, 0.15) is 140 Å². The van der Waals surface area contributed by atoms with Gasteiger partial charge < -0.3 is 14.2 Å². The second-order valence-electron chi connectivity index (χ2n) is 17.6. The summed E-state index contributed by atoms with van der Waals surface area (Å²) >= 11 is 7.30. The molecule has 0 radical (unpaired) electrons. The molecule has 0 saturated carbocycles. The van der Waals surface area contributed by atoms with E-state index in [9.17, 15) is 9.59 Å². The van der Waals surface area contributed by atoms with Crippen LogP contribution in [-0.4, -0.2) is 36.7 Å². The molecule has 1 aliphatic rings. The quantitative estimate of drug-likeness (QED) is 0.140. The normalized spacial score (nSPS) is 18.2. The Morgan fingerprint density at radius 3 is 1.29 bits per heavy atom. The van der Waals surface area contributed by atoms with Gasteiger partial charge in [0.25, 0.3) is 0 Å². The molecule has 4 rings (SSSR count). The Morgan fingerprint density at radius 1 is 0.633 bits per heavy atom. The van der Waals surface area contributed by atoms with E-state index in [0.717, 1.165) is 44.9 Å². The van der Waals surface area contributed by atoms with E-state index in [4.69, 9.17) is 25.8 Å². The lowest BCUT2D eigenvalue weighted by molar-refractivity contribution is -0.140. The number of rotatable bonds is 7. The van der Waals surface area contributed by atoms with Gasteiger partial charge in [-0.05, 0) is 69.5 Å². The maximum Gasteiger partial charge on any atom is 0.419 e. The van der Waals surface area contributed by atoms with Gasteiger partial charge in [0, 0.05) is 22.3 Å². The second kappa shape index (κ2) is 13.0. The van der Waals surface area contributed by atoms with Crippen molar-refractivity contribution in [1.29, 1.82) is 0 Å². The van der Waals surface area contributed by atoms with Crippen LogP contribution >= 0.6 is 11.6 Å². The van der Waals surface area contributed by atoms with Gasteiger partial charge in [0.15, 0.2) is 5.54 Å². The Labute approximate surface area is 299 Å². The summed E-state index contributed by atoms with van der Waals surface area (Å²) in [5, 5.41) is -0.903. The lowest BCUT2D eigenvalue weighted by Gasteiger charge is -2.41. The summed E-state index contributed by atoms with van der Waals surface area (Å²) in [7, 11) is 3.41. The number of hydrogen-bond donors (Lipinski definition) is 0. The Balaban J connectivity index is 2.24. The highest BCUT2D eigenvalue weighted by molar-refractivity contribution is 6.24. The zero-order chi connectivity index (χ0) is 37.1. The SMILES string of the molecule is COc1c(C(C)(C)C)cc(C(c2cc(C(C)(C)C)c(OC)c(C(C)(C)C)c2)N2C(=O)OC(=O)[C@]2(C)[C@H](Cl)c2ccccc2)cc1C(C)(C)C. The van der Waals surface area contributed by atoms with Gasteiger partial charge in [0.2, 0.25) is 0 Å². The molecule has 0 unspecified atom stereocenters. The first-order valence-electron chi connectivity index (χ1n) is 17.1. The molecule has 7 heteroatoms. The van der Waals surface area contributed by atoms with Crippen LogP contribution in [0.15, 0.2) is 54.6 Å². The molecule has 0 bridgehead atoms. The third kappa shape index (κ3) is 7.08. The number of amides is 1. The van der Waals surface area contributed by atoms with Crippen LogP contribution in [0.25, 0.3) is 0 Å². The van der Waals surface area contributed by atoms with Crippen molar-refractivity contribution >= 4 is 23.7 Å². The molecular formula is C42H56ClNO5. The Morgan fingerprint density at radius 2 is 0.980 bits per heavy atom. The van der Waals surface area contributed by atoms with E-state index in [2.05, 4.69) is 107 Å². The monoisotopic (exact) mass is 689 g/mol. The smallest absolute Gasteiger partial charge is 0.419 e. The number of methoxy groups -OCH3 is 2. The average Bonchev–Trinajstić information content (AvgIpc) is 3.22. The molecule has 1 fully saturated rings. The molecule has 3 aromatic carbocycles. The first kappa shape index (κ1) is 38.3. The average molecular weight is 690 g/mol. The Bertz CT molecular complexity index is 1570. The molecule has 1 amide bonds. The fourth-order valence-electron chi connectivity index (χ4n) is 6.84. The molecule has 1 saturated heterocycles. The maximum absolute atomic E-state index is 14.3. The highest BCUT2D eigenvalue weighted by Gasteiger charge is 2.59. The van der Waals surface area contributed by atoms with Gasteiger partial charge in [-0.3, -0.25) is 4.90 Å². The zero-order valence-electron chi connectivity index (χ0n) is 32.2. The number of alkyl halides is 1. The number of halogens is 1. The van der Waals surface area contributed by atoms with Crippen molar-refractivity contribution in [3.8, 4) is 11.5 Å². The molecule has 266 valence electrons. The van der Waals surface area contributed by atoms with E-state index in [1.54, 1.807) is 26.0 Å². The van der Waals surface area contributed by atoms with E-state index >= 15 is 0 Å². The zero-order valence-corrected chi connectivity index (χ0v) is 33.0. The fourth-order valence-corrected chi connectivity index (χ4v) is 7.18. The van der Waals surface area contributed by atoms with Crippen LogP contribution in [0, 0.1) is 0 Å². The number of nitrogens with zero attached hydrogens (tertiary/aromatic N) is 1. The number of cyclic esters (lactones) is 2. The van der Waals surface area contributed by atoms with Crippen LogP contribution in [0.4, 0.5) is 4.79 Å². The topological polar surface area (TPSA) is 65.1 Å². The standard InChI is InChI=1S/C42H56ClNO5/c1-38(2,3)28-21-26(22-29(33(28)47-14)39(4,5)6)32(27-23-30(40(7,8)9)34(48-15)31(24-27)41(10,11)12)44-37(46)49-36(45)42(44,13)35(43)25-19-17-16-18-20-25/h16-24,32,35H,1-15H3/t35-,42+/m1/s1. The molecule has 3 aromatic rings. The van der Waals surface area contributed by atoms with Crippen LogP contribution in [-0.2, 0) is 31.2 Å². The van der Waals surface area contributed by atoms with Gasteiger partial charge in [-0.2, -0.15) is 0 Å². The summed E-state index contributed by atoms with van der Waals surface area (Å²) < 4.78 is 17.8. The largest absolute Gasteiger partial charge is 0.496 e. The van der Waals surface area contributed by atoms with Crippen LogP contribution in [0.2, 0.25) is 0 Å². The minimum Gasteiger partial charge on any atom is -0.496 e. The van der Waals surface area contributed by atoms with E-state index < -0.39 is 29.0 Å². The van der Waals surface area contributed by atoms with Crippen LogP contribution in [0.5, 0.6) is 11.5 Å². The molecular weight excluding hydrogens is 634 g/mol. The minimum absolute atomic E-state index is 0.317. The predicted molar refractivity (Wildman–Crippen MR) is 199 cm³/mol. The summed E-state index contributed by atoms with van der Waals surface area (Å²) in [5.41, 5.74) is 3.52. The molecule has 2 atom stereocenters. The van der Waals surface area contributed by atoms with Crippen molar-refractivity contribution in [3.63, 3.8) is 0 Å². The van der Waals surface area contributed by atoms with Crippen molar-refractivity contribution in [2.75, 3.05) is 14.2 Å². The highest BCUT2D eigenvalue weighted by atomic mass is 35.5. The summed E-state index contributed by atoms with van der Waals surface area (Å²) in [6, 6.07) is 17.1. The van der Waals surface area contributed by atoms with Crippen LogP contribution in [0.3, 0.4) is 0 Å². The Hall–Kier alpha value is -3.51. The highest BCUT2D eigenvalue weighted by Crippen LogP contribution is 2.51. The molecule has 0 aromatic heterocycles. The third-order valence-electron chi connectivity index (χ3n) is 9.63. The molecule has 49 heavy (non-hydrogen) atoms. The number of esters is 1. The van der Waals surface area contributed by atoms with Crippen molar-refractivity contribution in [1.82, 2.24) is 4.90 Å². The molecule has 0 spiro atoms. The predicted octanol–water partition coefficient (Wildman–Crippen LogP) is 10.7. The number of hydrogen-bond acceptors (Lipinski definition) is 5. The van der Waals surface area contributed by atoms with E-state index in [0.29, 0.717) is 5.56 Å². The number of carbonyl (C=O) groups is 2. The number of carbonyl (C=O) groups excluding carboxylic acids is 2. The summed E-state index contributed by atoms with van der Waals surface area (Å²) in [6.07, 6.45) is -0.741. The van der Waals surface area contributed by atoms with Crippen molar-refractivity contribution in [3.05, 3.63) is 93.5 Å². The number of benzene rings is 3. The molecule has 6 nitrogen and oxygen atoms in total. The first-order valence-corrected chi connectivity index (χ1v) is 17.5. The number of ether oxygens (including phenoxy) is 3. The molecule has 1 aliphatic heterocycles. The maximum atomic E-state index is 14.3. The van der Waals surface area contributed by atoms with Gasteiger partial charge in [-0.15, -0.1) is 11.6 Å². The van der Waals surface area contributed by atoms with E-state index in [1.807, 2.05) is 30.3 Å². The van der Waals surface area contributed by atoms with Gasteiger partial charge >= 0.3 is 12.1 Å². The lowest BCUT2D eigenvalue weighted by atomic mass is 9.74. The third-order valence-corrected chi connectivity index (χ3v) is 10.3. The minimum atomic E-state index is -1.56. The van der Waals surface area contributed by atoms with Crippen LogP contribution < -0.4 is 9.47 Å². The first-order chi connectivity index (χ1) is 22.4. The summed E-state index contributed by atoms with van der Waals surface area (Å²) in [6.45, 7) is 27.6. The lowest BCUT2D eigenvalue weighted by Crippen LogP contribution is -2.52. The second-order valence-corrected chi connectivity index (χ2v) is 18.1. The van der Waals surface area contributed by atoms with Gasteiger partial charge in [-0.25, -0.2) is 9.59 Å². The molecule has 0 aliphatic carbocycles. The summed E-state index contributed by atoms with van der Waals surface area (Å²) in [5.74, 6) is 0.934. The van der Waals surface area contributed by atoms with Gasteiger partial charge in [0.1, 0.15) is 11.5 Å². The van der Waals surface area contributed by atoms with E-state index in [1.165, 1.54) is 0 Å². The summed E-state index contributed by atoms with van der Waals surface area (Å²) in [4.78, 5) is 29.8. The van der Waals surface area contributed by atoms with Gasteiger partial charge in [-0.1, -0.05) is 113 Å². The van der Waals surface area contributed by atoms with E-state index in [-0.39, 0.29) is 21.7 Å². The van der Waals surface area contributed by atoms with Crippen molar-refractivity contribution in [2.45, 2.75) is 129 Å². The fraction of sp³-hybridized carbons (Fsp3) is 0.524. The van der Waals surface area contributed by atoms with Gasteiger partial charge in [0.05, 0.1) is 25.6 Å². The van der Waals surface area contributed by atoms with Crippen molar-refractivity contribution in [2.24, 2.45) is 0 Å². The van der Waals surface area contributed by atoms with Crippen molar-refractivity contribution < 1.29 is 23.8 Å². The molecule has 1 heterocycles. The molecule has 0 N–H and O–H groups in total.